The van der Waals surface area contributed by atoms with Crippen LogP contribution in [0.2, 0.25) is 0 Å². The molecule has 3 aromatic rings. The van der Waals surface area contributed by atoms with Gasteiger partial charge < -0.3 is 9.84 Å². The van der Waals surface area contributed by atoms with Crippen molar-refractivity contribution in [3.05, 3.63) is 82.7 Å². The zero-order valence-electron chi connectivity index (χ0n) is 19.9. The minimum Gasteiger partial charge on any atom is -0.490 e. The van der Waals surface area contributed by atoms with E-state index in [-0.39, 0.29) is 28.7 Å². The van der Waals surface area contributed by atoms with E-state index in [0.29, 0.717) is 18.1 Å². The highest BCUT2D eigenvalue weighted by Gasteiger charge is 2.46. The zero-order valence-corrected chi connectivity index (χ0v) is 19.9. The summed E-state index contributed by atoms with van der Waals surface area (Å²) >= 11 is 0. The van der Waals surface area contributed by atoms with E-state index in [4.69, 9.17) is 4.74 Å². The number of hydrogen-bond acceptors (Lipinski definition) is 3. The van der Waals surface area contributed by atoms with Gasteiger partial charge >= 0.3 is 0 Å². The molecular weight excluding hydrogens is 446 g/mol. The molecule has 0 saturated heterocycles. The fourth-order valence-corrected chi connectivity index (χ4v) is 5.91. The van der Waals surface area contributed by atoms with Gasteiger partial charge in [-0.2, -0.15) is 5.10 Å². The van der Waals surface area contributed by atoms with Crippen molar-refractivity contribution in [1.82, 2.24) is 9.78 Å². The van der Waals surface area contributed by atoms with Crippen molar-refractivity contribution in [2.45, 2.75) is 51.6 Å². The van der Waals surface area contributed by atoms with E-state index in [1.807, 2.05) is 10.9 Å². The highest BCUT2D eigenvalue weighted by atomic mass is 19.1. The van der Waals surface area contributed by atoms with Gasteiger partial charge in [-0.1, -0.05) is 18.6 Å². The third-order valence-corrected chi connectivity index (χ3v) is 8.19. The van der Waals surface area contributed by atoms with Gasteiger partial charge in [-0.15, -0.1) is 0 Å². The Bertz CT molecular complexity index is 1280. The molecule has 0 unspecified atom stereocenters. The lowest BCUT2D eigenvalue weighted by Crippen LogP contribution is -2.40. The summed E-state index contributed by atoms with van der Waals surface area (Å²) in [4.78, 5) is 0. The van der Waals surface area contributed by atoms with Gasteiger partial charge in [0.2, 0.25) is 0 Å². The van der Waals surface area contributed by atoms with E-state index >= 15 is 0 Å². The Morgan fingerprint density at radius 3 is 2.71 bits per heavy atom. The van der Waals surface area contributed by atoms with Crippen molar-refractivity contribution in [3.8, 4) is 11.4 Å². The summed E-state index contributed by atoms with van der Waals surface area (Å²) in [5, 5.41) is 16.2. The molecule has 0 aliphatic heterocycles. The lowest BCUT2D eigenvalue weighted by Gasteiger charge is -2.47. The predicted octanol–water partition coefficient (Wildman–Crippen LogP) is 6.42. The van der Waals surface area contributed by atoms with Gasteiger partial charge in [0.15, 0.2) is 11.6 Å². The number of allylic oxidation sites excluding steroid dienone is 1. The maximum Gasteiger partial charge on any atom is 0.165 e. The maximum atomic E-state index is 14.4. The number of nitrogens with zero attached hydrogens (tertiary/aromatic N) is 2. The molecule has 0 radical (unpaired) electrons. The molecule has 3 atom stereocenters. The normalized spacial score (nSPS) is 24.3. The van der Waals surface area contributed by atoms with E-state index in [1.54, 1.807) is 24.3 Å². The second kappa shape index (κ2) is 8.59. The first-order valence-corrected chi connectivity index (χ1v) is 12.6. The molecule has 1 N–H and O–H groups in total. The van der Waals surface area contributed by atoms with Gasteiger partial charge in [-0.05, 0) is 109 Å². The molecule has 0 spiro atoms. The Kier molecular flexibility index (Phi) is 5.52. The summed E-state index contributed by atoms with van der Waals surface area (Å²) < 4.78 is 35.4. The lowest BCUT2D eigenvalue weighted by atomic mass is 9.57. The van der Waals surface area contributed by atoms with Crippen molar-refractivity contribution in [2.24, 2.45) is 17.3 Å². The van der Waals surface area contributed by atoms with Crippen LogP contribution in [-0.2, 0) is 6.42 Å². The maximum absolute atomic E-state index is 14.4. The third-order valence-electron chi connectivity index (χ3n) is 8.19. The number of aliphatic hydroxyl groups is 1. The summed E-state index contributed by atoms with van der Waals surface area (Å²) in [5.74, 6) is 0.0997. The second-order valence-electron chi connectivity index (χ2n) is 10.6. The quantitative estimate of drug-likeness (QED) is 0.447. The van der Waals surface area contributed by atoms with E-state index in [2.05, 4.69) is 18.1 Å². The number of hydrogen-bond donors (Lipinski definition) is 1. The van der Waals surface area contributed by atoms with Crippen LogP contribution in [0.25, 0.3) is 11.8 Å². The molecule has 6 rings (SSSR count). The largest absolute Gasteiger partial charge is 0.490 e. The van der Waals surface area contributed by atoms with E-state index in [1.165, 1.54) is 23.8 Å². The van der Waals surface area contributed by atoms with Gasteiger partial charge in [-0.25, -0.2) is 13.5 Å². The van der Waals surface area contributed by atoms with E-state index in [0.717, 1.165) is 55.5 Å². The molecule has 1 aromatic heterocycles. The SMILES string of the molecule is C[C@]12Cc3cnn(-c4ccc(F)cc4)c3C=C1CCC[C@@H]2[C@@H](O)c1ccc(F)c(OCC2CC2)c1. The molecular formula is C29H30F2N2O2. The van der Waals surface area contributed by atoms with Gasteiger partial charge in [0.05, 0.1) is 30.3 Å². The highest BCUT2D eigenvalue weighted by Crippen LogP contribution is 2.55. The van der Waals surface area contributed by atoms with Crippen molar-refractivity contribution in [3.63, 3.8) is 0 Å². The molecule has 6 heteroatoms. The van der Waals surface area contributed by atoms with E-state index in [9.17, 15) is 13.9 Å². The molecule has 3 aliphatic rings. The fraction of sp³-hybridized carbons (Fsp3) is 0.414. The summed E-state index contributed by atoms with van der Waals surface area (Å²) in [6, 6.07) is 11.1. The first-order valence-electron chi connectivity index (χ1n) is 12.6. The first-order chi connectivity index (χ1) is 16.9. The van der Waals surface area contributed by atoms with Crippen LogP contribution in [0.1, 0.15) is 62.0 Å². The number of ether oxygens (including phenoxy) is 1. The monoisotopic (exact) mass is 476 g/mol. The molecule has 2 saturated carbocycles. The number of aromatic nitrogens is 2. The fourth-order valence-electron chi connectivity index (χ4n) is 5.91. The Morgan fingerprint density at radius 1 is 1.14 bits per heavy atom. The Labute approximate surface area is 204 Å². The molecule has 3 aliphatic carbocycles. The molecule has 182 valence electrons. The Morgan fingerprint density at radius 2 is 1.94 bits per heavy atom. The van der Waals surface area contributed by atoms with Crippen LogP contribution in [0.15, 0.2) is 54.2 Å². The molecule has 2 fully saturated rings. The number of benzene rings is 2. The van der Waals surface area contributed by atoms with Crippen LogP contribution < -0.4 is 4.74 Å². The molecule has 1 heterocycles. The van der Waals surface area contributed by atoms with Gasteiger partial charge in [0.25, 0.3) is 0 Å². The first kappa shape index (κ1) is 22.5. The smallest absolute Gasteiger partial charge is 0.165 e. The standard InChI is InChI=1S/C29H30F2N2O2/c1-29-15-20-16-32-33(23-10-8-22(30)9-11-23)26(20)14-21(29)3-2-4-24(29)28(34)19-7-12-25(31)27(13-19)35-17-18-5-6-18/h7-14,16,18,24,28,34H,2-6,15,17H2,1H3/t24-,28+,29+/m1/s1. The van der Waals surface area contributed by atoms with Crippen LogP contribution >= 0.6 is 0 Å². The van der Waals surface area contributed by atoms with Crippen LogP contribution in [0.5, 0.6) is 5.75 Å². The lowest BCUT2D eigenvalue weighted by molar-refractivity contribution is 0.0215. The third kappa shape index (κ3) is 4.08. The topological polar surface area (TPSA) is 47.3 Å². The average molecular weight is 477 g/mol. The molecule has 35 heavy (non-hydrogen) atoms. The zero-order chi connectivity index (χ0) is 24.2. The minimum atomic E-state index is -0.721. The van der Waals surface area contributed by atoms with Crippen molar-refractivity contribution in [2.75, 3.05) is 6.61 Å². The van der Waals surface area contributed by atoms with Gasteiger partial charge in [0.1, 0.15) is 5.82 Å². The molecule has 0 bridgehead atoms. The Balaban J connectivity index is 1.30. The van der Waals surface area contributed by atoms with Crippen LogP contribution in [0.3, 0.4) is 0 Å². The van der Waals surface area contributed by atoms with Crippen molar-refractivity contribution in [1.29, 1.82) is 0 Å². The Hall–Kier alpha value is -2.99. The number of rotatable bonds is 6. The summed E-state index contributed by atoms with van der Waals surface area (Å²) in [7, 11) is 0. The highest BCUT2D eigenvalue weighted by molar-refractivity contribution is 5.61. The van der Waals surface area contributed by atoms with Crippen LogP contribution in [0, 0.1) is 28.9 Å². The summed E-state index contributed by atoms with van der Waals surface area (Å²) in [6.45, 7) is 2.77. The van der Waals surface area contributed by atoms with Crippen LogP contribution in [0.4, 0.5) is 8.78 Å². The van der Waals surface area contributed by atoms with Gasteiger partial charge in [0, 0.05) is 0 Å². The van der Waals surface area contributed by atoms with Crippen molar-refractivity contribution < 1.29 is 18.6 Å². The number of fused-ring (bicyclic) bond motifs is 2. The molecule has 4 nitrogen and oxygen atoms in total. The number of aliphatic hydroxyl groups excluding tert-OH is 1. The molecule has 0 amide bonds. The summed E-state index contributed by atoms with van der Waals surface area (Å²) in [6.07, 6.45) is 9.26. The van der Waals surface area contributed by atoms with Crippen LogP contribution in [-0.4, -0.2) is 21.5 Å². The number of halogens is 2. The molecule has 2 aromatic carbocycles. The summed E-state index contributed by atoms with van der Waals surface area (Å²) in [5.41, 5.74) is 4.74. The average Bonchev–Trinajstić information content (AvgIpc) is 3.60. The predicted molar refractivity (Wildman–Crippen MR) is 130 cm³/mol. The minimum absolute atomic E-state index is 0.00781. The van der Waals surface area contributed by atoms with Gasteiger partial charge in [-0.3, -0.25) is 0 Å². The van der Waals surface area contributed by atoms with E-state index < -0.39 is 6.10 Å². The van der Waals surface area contributed by atoms with Crippen molar-refractivity contribution >= 4 is 6.08 Å². The second-order valence-corrected chi connectivity index (χ2v) is 10.6.